The van der Waals surface area contributed by atoms with Gasteiger partial charge in [-0.3, -0.25) is 0 Å². The van der Waals surface area contributed by atoms with Gasteiger partial charge in [0, 0.05) is 6.61 Å². The van der Waals surface area contributed by atoms with E-state index in [1.807, 2.05) is 32.9 Å². The van der Waals surface area contributed by atoms with Crippen molar-refractivity contribution in [1.29, 1.82) is 0 Å². The highest BCUT2D eigenvalue weighted by Gasteiger charge is 2.37. The normalized spacial score (nSPS) is 25.1. The smallest absolute Gasteiger partial charge is 0.122 e. The van der Waals surface area contributed by atoms with Gasteiger partial charge in [0.05, 0.1) is 12.7 Å². The lowest BCUT2D eigenvalue weighted by molar-refractivity contribution is -0.138. The number of hydrogen-bond donors (Lipinski definition) is 1. The molecule has 2 rings (SSSR count). The van der Waals surface area contributed by atoms with Gasteiger partial charge in [-0.25, -0.2) is 0 Å². The molecular formula is C16H24O3. The van der Waals surface area contributed by atoms with Crippen LogP contribution in [0.2, 0.25) is 0 Å². The van der Waals surface area contributed by atoms with E-state index in [1.165, 1.54) is 0 Å². The number of aliphatic hydroxyl groups is 1. The average Bonchev–Trinajstić information content (AvgIpc) is 2.41. The van der Waals surface area contributed by atoms with Gasteiger partial charge in [0.15, 0.2) is 0 Å². The van der Waals surface area contributed by atoms with Gasteiger partial charge in [0.25, 0.3) is 0 Å². The highest BCUT2D eigenvalue weighted by molar-refractivity contribution is 5.43. The molecule has 0 saturated carbocycles. The molecule has 19 heavy (non-hydrogen) atoms. The van der Waals surface area contributed by atoms with Crippen molar-refractivity contribution in [2.75, 3.05) is 13.7 Å². The van der Waals surface area contributed by atoms with Gasteiger partial charge in [-0.2, -0.15) is 0 Å². The van der Waals surface area contributed by atoms with Crippen LogP contribution in [-0.2, 0) is 4.74 Å². The second kappa shape index (κ2) is 5.51. The summed E-state index contributed by atoms with van der Waals surface area (Å²) < 4.78 is 11.2. The number of ether oxygens (including phenoxy) is 2. The summed E-state index contributed by atoms with van der Waals surface area (Å²) in [5.74, 6) is 0.864. The molecule has 1 saturated heterocycles. The third-order valence-corrected chi connectivity index (χ3v) is 4.16. The Hall–Kier alpha value is -1.06. The van der Waals surface area contributed by atoms with Crippen LogP contribution in [0.3, 0.4) is 0 Å². The first-order valence-electron chi connectivity index (χ1n) is 6.95. The zero-order valence-corrected chi connectivity index (χ0v) is 12.3. The van der Waals surface area contributed by atoms with E-state index in [4.69, 9.17) is 9.47 Å². The van der Waals surface area contributed by atoms with Crippen molar-refractivity contribution in [3.8, 4) is 5.75 Å². The third-order valence-electron chi connectivity index (χ3n) is 4.16. The molecule has 1 aliphatic rings. The maximum absolute atomic E-state index is 10.7. The first-order chi connectivity index (χ1) is 8.98. The Morgan fingerprint density at radius 1 is 1.26 bits per heavy atom. The second-order valence-electron chi connectivity index (χ2n) is 5.70. The van der Waals surface area contributed by atoms with Gasteiger partial charge in [0.2, 0.25) is 0 Å². The maximum atomic E-state index is 10.7. The summed E-state index contributed by atoms with van der Waals surface area (Å²) in [5.41, 5.74) is 2.57. The van der Waals surface area contributed by atoms with Gasteiger partial charge in [0.1, 0.15) is 11.9 Å². The van der Waals surface area contributed by atoms with Gasteiger partial charge >= 0.3 is 0 Å². The molecule has 0 bridgehead atoms. The van der Waals surface area contributed by atoms with E-state index in [-0.39, 0.29) is 0 Å². The molecule has 0 spiro atoms. The van der Waals surface area contributed by atoms with E-state index < -0.39 is 11.7 Å². The van der Waals surface area contributed by atoms with Crippen LogP contribution in [0, 0.1) is 13.8 Å². The molecule has 1 aliphatic heterocycles. The van der Waals surface area contributed by atoms with Crippen molar-refractivity contribution in [2.45, 2.75) is 51.7 Å². The van der Waals surface area contributed by atoms with Crippen molar-refractivity contribution in [3.63, 3.8) is 0 Å². The predicted molar refractivity (Wildman–Crippen MR) is 75.6 cm³/mol. The molecule has 0 amide bonds. The number of methoxy groups -OCH3 is 1. The van der Waals surface area contributed by atoms with Crippen molar-refractivity contribution in [1.82, 2.24) is 0 Å². The van der Waals surface area contributed by atoms with Crippen LogP contribution in [0.5, 0.6) is 5.75 Å². The molecule has 106 valence electrons. The zero-order valence-electron chi connectivity index (χ0n) is 12.3. The van der Waals surface area contributed by atoms with Crippen LogP contribution in [-0.4, -0.2) is 24.4 Å². The van der Waals surface area contributed by atoms with Gasteiger partial charge in [-0.1, -0.05) is 0 Å². The van der Waals surface area contributed by atoms with E-state index in [1.54, 1.807) is 7.11 Å². The lowest BCUT2D eigenvalue weighted by Crippen LogP contribution is -2.39. The molecule has 1 N–H and O–H groups in total. The summed E-state index contributed by atoms with van der Waals surface area (Å²) in [6.45, 7) is 6.75. The SMILES string of the molecule is COc1cc(C)c(C(O)C2(C)CCCCO2)cc1C. The van der Waals surface area contributed by atoms with Crippen LogP contribution in [0.25, 0.3) is 0 Å². The first kappa shape index (κ1) is 14.4. The van der Waals surface area contributed by atoms with Crippen molar-refractivity contribution in [3.05, 3.63) is 28.8 Å². The molecule has 2 atom stereocenters. The zero-order chi connectivity index (χ0) is 14.0. The highest BCUT2D eigenvalue weighted by Crippen LogP contribution is 2.39. The number of benzene rings is 1. The van der Waals surface area contributed by atoms with E-state index in [0.29, 0.717) is 0 Å². The van der Waals surface area contributed by atoms with Crippen LogP contribution in [0.15, 0.2) is 12.1 Å². The maximum Gasteiger partial charge on any atom is 0.122 e. The fourth-order valence-corrected chi connectivity index (χ4v) is 2.83. The summed E-state index contributed by atoms with van der Waals surface area (Å²) in [6.07, 6.45) is 2.51. The second-order valence-corrected chi connectivity index (χ2v) is 5.70. The largest absolute Gasteiger partial charge is 0.496 e. The van der Waals surface area contributed by atoms with Crippen LogP contribution in [0.1, 0.15) is 49.0 Å². The van der Waals surface area contributed by atoms with E-state index in [0.717, 1.165) is 48.3 Å². The summed E-state index contributed by atoms with van der Waals surface area (Å²) >= 11 is 0. The Morgan fingerprint density at radius 2 is 2.00 bits per heavy atom. The molecule has 1 fully saturated rings. The van der Waals surface area contributed by atoms with Crippen LogP contribution >= 0.6 is 0 Å². The highest BCUT2D eigenvalue weighted by atomic mass is 16.5. The molecule has 2 unspecified atom stereocenters. The van der Waals surface area contributed by atoms with E-state index >= 15 is 0 Å². The fraction of sp³-hybridized carbons (Fsp3) is 0.625. The monoisotopic (exact) mass is 264 g/mol. The fourth-order valence-electron chi connectivity index (χ4n) is 2.83. The minimum absolute atomic E-state index is 0.468. The van der Waals surface area contributed by atoms with Crippen molar-refractivity contribution in [2.24, 2.45) is 0 Å². The minimum atomic E-state index is -0.586. The molecule has 1 heterocycles. The Kier molecular flexibility index (Phi) is 4.16. The first-order valence-corrected chi connectivity index (χ1v) is 6.95. The summed E-state index contributed by atoms with van der Waals surface area (Å²) in [7, 11) is 1.67. The van der Waals surface area contributed by atoms with Crippen molar-refractivity contribution < 1.29 is 14.6 Å². The number of aryl methyl sites for hydroxylation is 2. The van der Waals surface area contributed by atoms with Crippen LogP contribution in [0.4, 0.5) is 0 Å². The molecule has 0 aliphatic carbocycles. The molecule has 3 nitrogen and oxygen atoms in total. The quantitative estimate of drug-likeness (QED) is 0.910. The van der Waals surface area contributed by atoms with Gasteiger partial charge < -0.3 is 14.6 Å². The summed E-state index contributed by atoms with van der Waals surface area (Å²) in [6, 6.07) is 4.00. The molecule has 1 aromatic carbocycles. The number of aliphatic hydroxyl groups excluding tert-OH is 1. The number of hydrogen-bond acceptors (Lipinski definition) is 3. The summed E-state index contributed by atoms with van der Waals surface area (Å²) in [5, 5.41) is 10.7. The number of rotatable bonds is 3. The Labute approximate surface area is 115 Å². The molecule has 0 aromatic heterocycles. The standard InChI is InChI=1S/C16H24O3/c1-11-10-14(18-4)12(2)9-13(11)15(17)16(3)7-5-6-8-19-16/h9-10,15,17H,5-8H2,1-4H3. The topological polar surface area (TPSA) is 38.7 Å². The molecule has 3 heteroatoms. The lowest BCUT2D eigenvalue weighted by Gasteiger charge is -2.38. The lowest BCUT2D eigenvalue weighted by atomic mass is 9.84. The van der Waals surface area contributed by atoms with E-state index in [2.05, 4.69) is 0 Å². The molecule has 1 aromatic rings. The molecule has 0 radical (unpaired) electrons. The minimum Gasteiger partial charge on any atom is -0.496 e. The predicted octanol–water partition coefficient (Wildman–Crippen LogP) is 3.30. The Bertz CT molecular complexity index is 448. The Balaban J connectivity index is 2.33. The summed E-state index contributed by atoms with van der Waals surface area (Å²) in [4.78, 5) is 0. The van der Waals surface area contributed by atoms with Gasteiger partial charge in [-0.15, -0.1) is 0 Å². The third kappa shape index (κ3) is 2.77. The molecular weight excluding hydrogens is 240 g/mol. The Morgan fingerprint density at radius 3 is 2.58 bits per heavy atom. The van der Waals surface area contributed by atoms with Crippen molar-refractivity contribution >= 4 is 0 Å². The average molecular weight is 264 g/mol. The van der Waals surface area contributed by atoms with Gasteiger partial charge in [-0.05, 0) is 68.9 Å². The van der Waals surface area contributed by atoms with E-state index in [9.17, 15) is 5.11 Å². The van der Waals surface area contributed by atoms with Crippen LogP contribution < -0.4 is 4.74 Å².